The van der Waals surface area contributed by atoms with Gasteiger partial charge in [-0.05, 0) is 12.5 Å². The predicted octanol–water partition coefficient (Wildman–Crippen LogP) is 2.64. The molecule has 0 spiro atoms. The standard InChI is InChI=1S/C16H18N4O/c1-13-9-19-20(12-13)8-7-17-11-16-18-10-15(21-16)14-5-3-2-4-6-14/h2-6,9-10,12,17H,7-8,11H2,1H3. The first-order valence-corrected chi connectivity index (χ1v) is 7.01. The maximum absolute atomic E-state index is 5.73. The zero-order chi connectivity index (χ0) is 14.5. The topological polar surface area (TPSA) is 55.9 Å². The van der Waals surface area contributed by atoms with E-state index in [1.807, 2.05) is 54.3 Å². The van der Waals surface area contributed by atoms with E-state index in [0.717, 1.165) is 24.4 Å². The molecule has 2 heterocycles. The van der Waals surface area contributed by atoms with Crippen molar-refractivity contribution in [3.63, 3.8) is 0 Å². The third-order valence-corrected chi connectivity index (χ3v) is 3.17. The number of oxazole rings is 1. The molecule has 0 atom stereocenters. The number of hydrogen-bond acceptors (Lipinski definition) is 4. The van der Waals surface area contributed by atoms with Gasteiger partial charge in [-0.25, -0.2) is 4.98 Å². The van der Waals surface area contributed by atoms with Crippen molar-refractivity contribution in [1.82, 2.24) is 20.1 Å². The van der Waals surface area contributed by atoms with E-state index in [-0.39, 0.29) is 0 Å². The largest absolute Gasteiger partial charge is 0.439 e. The number of rotatable bonds is 6. The molecule has 108 valence electrons. The van der Waals surface area contributed by atoms with Crippen LogP contribution in [0.25, 0.3) is 11.3 Å². The van der Waals surface area contributed by atoms with Crippen molar-refractivity contribution < 1.29 is 4.42 Å². The van der Waals surface area contributed by atoms with Gasteiger partial charge in [0.25, 0.3) is 0 Å². The Kier molecular flexibility index (Phi) is 4.12. The zero-order valence-corrected chi connectivity index (χ0v) is 12.0. The summed E-state index contributed by atoms with van der Waals surface area (Å²) in [5.41, 5.74) is 2.22. The minimum absolute atomic E-state index is 0.618. The summed E-state index contributed by atoms with van der Waals surface area (Å²) in [6.07, 6.45) is 5.66. The van der Waals surface area contributed by atoms with Crippen LogP contribution in [0.2, 0.25) is 0 Å². The zero-order valence-electron chi connectivity index (χ0n) is 12.0. The van der Waals surface area contributed by atoms with Gasteiger partial charge in [0.1, 0.15) is 0 Å². The summed E-state index contributed by atoms with van der Waals surface area (Å²) in [6.45, 7) is 4.31. The Hall–Kier alpha value is -2.40. The summed E-state index contributed by atoms with van der Waals surface area (Å²) in [5, 5.41) is 7.55. The third kappa shape index (κ3) is 3.58. The summed E-state index contributed by atoms with van der Waals surface area (Å²) in [6, 6.07) is 9.98. The average molecular weight is 282 g/mol. The molecule has 0 aliphatic carbocycles. The van der Waals surface area contributed by atoms with Crippen LogP contribution in [-0.4, -0.2) is 21.3 Å². The second kappa shape index (κ2) is 6.37. The van der Waals surface area contributed by atoms with Crippen molar-refractivity contribution in [2.24, 2.45) is 0 Å². The number of nitrogens with one attached hydrogen (secondary N) is 1. The molecule has 0 radical (unpaired) electrons. The highest BCUT2D eigenvalue weighted by molar-refractivity contribution is 5.55. The van der Waals surface area contributed by atoms with Gasteiger partial charge >= 0.3 is 0 Å². The first-order chi connectivity index (χ1) is 10.3. The number of benzene rings is 1. The maximum atomic E-state index is 5.73. The van der Waals surface area contributed by atoms with E-state index >= 15 is 0 Å². The number of aryl methyl sites for hydroxylation is 1. The van der Waals surface area contributed by atoms with Gasteiger partial charge < -0.3 is 9.73 Å². The van der Waals surface area contributed by atoms with Crippen molar-refractivity contribution in [3.8, 4) is 11.3 Å². The lowest BCUT2D eigenvalue weighted by Crippen LogP contribution is -2.19. The van der Waals surface area contributed by atoms with Gasteiger partial charge in [-0.3, -0.25) is 4.68 Å². The first kappa shape index (κ1) is 13.6. The molecule has 3 rings (SSSR count). The lowest BCUT2D eigenvalue weighted by atomic mass is 10.2. The van der Waals surface area contributed by atoms with Crippen LogP contribution in [0.5, 0.6) is 0 Å². The SMILES string of the molecule is Cc1cnn(CCNCc2ncc(-c3ccccc3)o2)c1. The highest BCUT2D eigenvalue weighted by atomic mass is 16.4. The Morgan fingerprint density at radius 1 is 1.19 bits per heavy atom. The van der Waals surface area contributed by atoms with Crippen molar-refractivity contribution >= 4 is 0 Å². The molecule has 3 aromatic rings. The van der Waals surface area contributed by atoms with Gasteiger partial charge in [0.2, 0.25) is 5.89 Å². The van der Waals surface area contributed by atoms with E-state index in [1.54, 1.807) is 6.20 Å². The van der Waals surface area contributed by atoms with E-state index in [2.05, 4.69) is 15.4 Å². The number of nitrogens with zero attached hydrogens (tertiary/aromatic N) is 3. The second-order valence-electron chi connectivity index (χ2n) is 4.94. The monoisotopic (exact) mass is 282 g/mol. The molecule has 2 aromatic heterocycles. The molecule has 0 amide bonds. The van der Waals surface area contributed by atoms with Crippen LogP contribution in [0.3, 0.4) is 0 Å². The summed E-state index contributed by atoms with van der Waals surface area (Å²) in [5.74, 6) is 1.50. The molecule has 0 unspecified atom stereocenters. The molecule has 5 heteroatoms. The average Bonchev–Trinajstić information content (AvgIpc) is 3.14. The second-order valence-corrected chi connectivity index (χ2v) is 4.94. The minimum Gasteiger partial charge on any atom is -0.439 e. The fourth-order valence-corrected chi connectivity index (χ4v) is 2.11. The first-order valence-electron chi connectivity index (χ1n) is 7.01. The number of aromatic nitrogens is 3. The minimum atomic E-state index is 0.618. The molecule has 0 bridgehead atoms. The highest BCUT2D eigenvalue weighted by Gasteiger charge is 2.05. The maximum Gasteiger partial charge on any atom is 0.208 e. The molecule has 0 saturated carbocycles. The summed E-state index contributed by atoms with van der Waals surface area (Å²) < 4.78 is 7.65. The summed E-state index contributed by atoms with van der Waals surface area (Å²) in [7, 11) is 0. The van der Waals surface area contributed by atoms with Crippen molar-refractivity contribution in [2.45, 2.75) is 20.0 Å². The Bertz CT molecular complexity index is 687. The predicted molar refractivity (Wildman–Crippen MR) is 80.6 cm³/mol. The normalized spacial score (nSPS) is 10.9. The Morgan fingerprint density at radius 3 is 2.81 bits per heavy atom. The molecule has 0 fully saturated rings. The molecule has 1 aromatic carbocycles. The molecular formula is C16H18N4O. The van der Waals surface area contributed by atoms with Crippen LogP contribution in [0, 0.1) is 6.92 Å². The molecular weight excluding hydrogens is 264 g/mol. The number of hydrogen-bond donors (Lipinski definition) is 1. The van der Waals surface area contributed by atoms with E-state index in [1.165, 1.54) is 5.56 Å². The summed E-state index contributed by atoms with van der Waals surface area (Å²) in [4.78, 5) is 4.29. The van der Waals surface area contributed by atoms with Crippen molar-refractivity contribution in [1.29, 1.82) is 0 Å². The van der Waals surface area contributed by atoms with E-state index in [0.29, 0.717) is 12.4 Å². The van der Waals surface area contributed by atoms with Crippen molar-refractivity contribution in [3.05, 3.63) is 60.4 Å². The Labute approximate surface area is 123 Å². The molecule has 1 N–H and O–H groups in total. The molecule has 0 saturated heterocycles. The van der Waals surface area contributed by atoms with E-state index < -0.39 is 0 Å². The van der Waals surface area contributed by atoms with E-state index in [4.69, 9.17) is 4.42 Å². The van der Waals surface area contributed by atoms with Crippen LogP contribution in [0.15, 0.2) is 53.3 Å². The molecule has 0 aliphatic heterocycles. The van der Waals surface area contributed by atoms with Gasteiger partial charge in [-0.1, -0.05) is 30.3 Å². The molecule has 0 aliphatic rings. The van der Waals surface area contributed by atoms with Gasteiger partial charge in [-0.15, -0.1) is 0 Å². The lowest BCUT2D eigenvalue weighted by molar-refractivity contribution is 0.464. The fraction of sp³-hybridized carbons (Fsp3) is 0.250. The third-order valence-electron chi connectivity index (χ3n) is 3.17. The van der Waals surface area contributed by atoms with Gasteiger partial charge in [-0.2, -0.15) is 5.10 Å². The fourth-order valence-electron chi connectivity index (χ4n) is 2.11. The van der Waals surface area contributed by atoms with Crippen LogP contribution in [-0.2, 0) is 13.1 Å². The van der Waals surface area contributed by atoms with Gasteiger partial charge in [0, 0.05) is 18.3 Å². The smallest absolute Gasteiger partial charge is 0.208 e. The highest BCUT2D eigenvalue weighted by Crippen LogP contribution is 2.19. The molecule has 5 nitrogen and oxygen atoms in total. The van der Waals surface area contributed by atoms with Crippen LogP contribution >= 0.6 is 0 Å². The Balaban J connectivity index is 1.49. The lowest BCUT2D eigenvalue weighted by Gasteiger charge is -2.02. The quantitative estimate of drug-likeness (QED) is 0.706. The van der Waals surface area contributed by atoms with Crippen LogP contribution in [0.1, 0.15) is 11.5 Å². The van der Waals surface area contributed by atoms with Crippen LogP contribution in [0.4, 0.5) is 0 Å². The van der Waals surface area contributed by atoms with Gasteiger partial charge in [0.05, 0.1) is 25.5 Å². The summed E-state index contributed by atoms with van der Waals surface area (Å²) >= 11 is 0. The van der Waals surface area contributed by atoms with E-state index in [9.17, 15) is 0 Å². The van der Waals surface area contributed by atoms with Crippen molar-refractivity contribution in [2.75, 3.05) is 6.54 Å². The Morgan fingerprint density at radius 2 is 2.05 bits per heavy atom. The van der Waals surface area contributed by atoms with Crippen LogP contribution < -0.4 is 5.32 Å². The molecule has 21 heavy (non-hydrogen) atoms. The van der Waals surface area contributed by atoms with Gasteiger partial charge in [0.15, 0.2) is 5.76 Å².